The Kier molecular flexibility index (Phi) is 10.1. The highest BCUT2D eigenvalue weighted by atomic mass is 16.8. The van der Waals surface area contributed by atoms with Crippen LogP contribution in [0.2, 0.25) is 0 Å². The van der Waals surface area contributed by atoms with Gasteiger partial charge in [0.15, 0.2) is 12.4 Å². The Hall–Kier alpha value is -3.81. The molecule has 4 aliphatic rings. The summed E-state index contributed by atoms with van der Waals surface area (Å²) in [5, 5.41) is 44.2. The van der Waals surface area contributed by atoms with Gasteiger partial charge in [0.1, 0.15) is 11.6 Å². The van der Waals surface area contributed by atoms with E-state index in [0.29, 0.717) is 36.7 Å². The number of nitrogens with zero attached hydrogens (tertiary/aromatic N) is 1. The lowest BCUT2D eigenvalue weighted by molar-refractivity contribution is -0.268. The number of esters is 2. The van der Waals surface area contributed by atoms with E-state index in [-0.39, 0.29) is 48.0 Å². The van der Waals surface area contributed by atoms with E-state index in [2.05, 4.69) is 12.2 Å². The minimum absolute atomic E-state index is 0.0316. The zero-order valence-electron chi connectivity index (χ0n) is 27.7. The van der Waals surface area contributed by atoms with Gasteiger partial charge in [-0.25, -0.2) is 4.79 Å². The fraction of sp³-hybridized carbons (Fsp3) is 0.629. The van der Waals surface area contributed by atoms with Gasteiger partial charge >= 0.3 is 11.9 Å². The number of rotatable bonds is 11. The molecule has 4 aliphatic carbocycles. The summed E-state index contributed by atoms with van der Waals surface area (Å²) in [6.07, 6.45) is 6.64. The number of anilines is 1. The maximum absolute atomic E-state index is 13.5. The van der Waals surface area contributed by atoms with Gasteiger partial charge < -0.3 is 25.0 Å². The number of ketones is 2. The standard InChI is InChI=1S/C35H46N2O11/c1-33-13-10-22(38)18-21(33)5-6-23-24(33)11-14-34(2)25(23)12-15-35(34,44)29(40)19-48-31(42)9-8-30(41)36-26(32(43)47-3)16-20-4-7-28(39)27(17-20)37(45)46/h4,7,17-18,23-26,39,44-46H,5-6,8-16,19H2,1-3H3,(H,36,41)/p-1/t23-,24-,25+,26-,33-,34+,35-/m0/s1. The van der Waals surface area contributed by atoms with Crippen molar-refractivity contribution in [1.82, 2.24) is 5.32 Å². The topological polar surface area (TPSA) is 203 Å². The van der Waals surface area contributed by atoms with Gasteiger partial charge in [-0.3, -0.25) is 29.6 Å². The predicted molar refractivity (Wildman–Crippen MR) is 166 cm³/mol. The molecule has 4 N–H and O–H groups in total. The number of Topliss-reactive ketones (excluding diaryl/α,β-unsaturated/α-hetero) is 1. The van der Waals surface area contributed by atoms with Crippen LogP contribution in [0, 0.1) is 28.6 Å². The average molecular weight is 670 g/mol. The van der Waals surface area contributed by atoms with Crippen molar-refractivity contribution in [2.75, 3.05) is 18.9 Å². The number of fused-ring (bicyclic) bond motifs is 5. The van der Waals surface area contributed by atoms with Crippen molar-refractivity contribution in [3.05, 3.63) is 35.4 Å². The number of carbonyl (C=O) groups is 5. The lowest BCUT2D eigenvalue weighted by Crippen LogP contribution is -2.58. The van der Waals surface area contributed by atoms with Gasteiger partial charge in [0.25, 0.3) is 0 Å². The Bertz CT molecular complexity index is 1510. The number of nitrogens with one attached hydrogen (secondary N) is 1. The minimum atomic E-state index is -1.64. The van der Waals surface area contributed by atoms with Gasteiger partial charge in [0, 0.05) is 24.7 Å². The van der Waals surface area contributed by atoms with Gasteiger partial charge in [-0.05, 0) is 85.8 Å². The highest BCUT2D eigenvalue weighted by Gasteiger charge is 2.66. The molecule has 0 spiro atoms. The Morgan fingerprint density at radius 1 is 1.04 bits per heavy atom. The molecule has 3 saturated carbocycles. The number of aliphatic hydroxyl groups is 1. The zero-order chi connectivity index (χ0) is 35.0. The number of allylic oxidation sites excluding steroid dienone is 1. The molecule has 262 valence electrons. The number of ether oxygens (including phenoxy) is 2. The van der Waals surface area contributed by atoms with E-state index in [4.69, 9.17) is 9.47 Å². The first-order valence-electron chi connectivity index (χ1n) is 16.6. The highest BCUT2D eigenvalue weighted by molar-refractivity contribution is 5.92. The van der Waals surface area contributed by atoms with E-state index in [9.17, 15) is 44.6 Å². The van der Waals surface area contributed by atoms with E-state index in [0.717, 1.165) is 44.9 Å². The monoisotopic (exact) mass is 669 g/mol. The molecule has 48 heavy (non-hydrogen) atoms. The molecule has 1 amide bonds. The normalized spacial score (nSPS) is 31.3. The molecule has 1 aromatic carbocycles. The van der Waals surface area contributed by atoms with Crippen LogP contribution in [-0.2, 0) is 39.9 Å². The third kappa shape index (κ3) is 6.47. The number of hydrogen-bond donors (Lipinski definition) is 4. The number of amides is 1. The molecule has 0 radical (unpaired) electrons. The third-order valence-electron chi connectivity index (χ3n) is 12.0. The van der Waals surface area contributed by atoms with E-state index in [1.54, 1.807) is 0 Å². The predicted octanol–water partition coefficient (Wildman–Crippen LogP) is 2.70. The third-order valence-corrected chi connectivity index (χ3v) is 12.0. The van der Waals surface area contributed by atoms with Gasteiger partial charge in [0.05, 0.1) is 19.2 Å². The van der Waals surface area contributed by atoms with Crippen molar-refractivity contribution in [3.63, 3.8) is 0 Å². The number of hydrogen-bond acceptors (Lipinski definition) is 12. The van der Waals surface area contributed by atoms with Crippen molar-refractivity contribution < 1.29 is 54.1 Å². The van der Waals surface area contributed by atoms with Crippen molar-refractivity contribution in [3.8, 4) is 5.75 Å². The lowest BCUT2D eigenvalue weighted by atomic mass is 9.46. The lowest BCUT2D eigenvalue weighted by Gasteiger charge is -2.58. The highest BCUT2D eigenvalue weighted by Crippen LogP contribution is 2.67. The maximum atomic E-state index is 13.5. The molecule has 13 nitrogen and oxygen atoms in total. The van der Waals surface area contributed by atoms with Gasteiger partial charge in [-0.15, -0.1) is 5.23 Å². The summed E-state index contributed by atoms with van der Waals surface area (Å²) in [5.74, 6) is -2.44. The Labute approximate surface area is 279 Å². The smallest absolute Gasteiger partial charge is 0.328 e. The molecule has 3 fully saturated rings. The largest absolute Gasteiger partial charge is 0.871 e. The second kappa shape index (κ2) is 13.6. The maximum Gasteiger partial charge on any atom is 0.328 e. The molecule has 0 aromatic heterocycles. The van der Waals surface area contributed by atoms with E-state index < -0.39 is 58.7 Å². The summed E-state index contributed by atoms with van der Waals surface area (Å²) >= 11 is 0. The molecule has 0 unspecified atom stereocenters. The van der Waals surface area contributed by atoms with Crippen molar-refractivity contribution in [2.45, 2.75) is 96.1 Å². The average Bonchev–Trinajstić information content (AvgIpc) is 3.34. The van der Waals surface area contributed by atoms with Crippen LogP contribution < -0.4 is 15.6 Å². The first-order valence-corrected chi connectivity index (χ1v) is 16.6. The number of methoxy groups -OCH3 is 1. The molecule has 0 aliphatic heterocycles. The van der Waals surface area contributed by atoms with Crippen LogP contribution in [0.1, 0.15) is 83.6 Å². The van der Waals surface area contributed by atoms with E-state index >= 15 is 0 Å². The van der Waals surface area contributed by atoms with Crippen molar-refractivity contribution in [1.29, 1.82) is 0 Å². The second-order valence-electron chi connectivity index (χ2n) is 14.3. The van der Waals surface area contributed by atoms with Crippen molar-refractivity contribution >= 4 is 35.1 Å². The summed E-state index contributed by atoms with van der Waals surface area (Å²) < 4.78 is 9.99. The molecule has 5 rings (SSSR count). The Balaban J connectivity index is 1.14. The van der Waals surface area contributed by atoms with Crippen LogP contribution in [0.3, 0.4) is 0 Å². The van der Waals surface area contributed by atoms with E-state index in [1.807, 2.05) is 13.0 Å². The van der Waals surface area contributed by atoms with Crippen molar-refractivity contribution in [2.24, 2.45) is 28.6 Å². The van der Waals surface area contributed by atoms with Gasteiger partial charge in [0.2, 0.25) is 11.7 Å². The Morgan fingerprint density at radius 2 is 1.77 bits per heavy atom. The molecule has 0 bridgehead atoms. The van der Waals surface area contributed by atoms with Crippen LogP contribution in [0.15, 0.2) is 29.8 Å². The quantitative estimate of drug-likeness (QED) is 0.198. The first-order chi connectivity index (χ1) is 22.6. The van der Waals surface area contributed by atoms with Crippen LogP contribution in [-0.4, -0.2) is 70.3 Å². The van der Waals surface area contributed by atoms with Gasteiger partial charge in [-0.2, -0.15) is 0 Å². The number of carbonyl (C=O) groups excluding carboxylic acids is 5. The molecule has 7 atom stereocenters. The summed E-state index contributed by atoms with van der Waals surface area (Å²) in [4.78, 5) is 63.2. The second-order valence-corrected chi connectivity index (χ2v) is 14.3. The molecule has 13 heteroatoms. The van der Waals surface area contributed by atoms with Crippen LogP contribution in [0.4, 0.5) is 5.69 Å². The summed E-state index contributed by atoms with van der Waals surface area (Å²) in [5.41, 5.74) is -1.21. The summed E-state index contributed by atoms with van der Waals surface area (Å²) in [6.45, 7) is 3.65. The van der Waals surface area contributed by atoms with Crippen LogP contribution >= 0.6 is 0 Å². The van der Waals surface area contributed by atoms with Crippen LogP contribution in [0.5, 0.6) is 5.75 Å². The fourth-order valence-electron chi connectivity index (χ4n) is 9.27. The molecule has 0 heterocycles. The molecule has 0 saturated heterocycles. The SMILES string of the molecule is COC(=O)[C@H](Cc1ccc([O-])c(N(O)O)c1)NC(=O)CCC(=O)OCC(=O)[C@@]1(O)CC[C@@H]2[C@H]3CCC4=CC(=O)CC[C@]4(C)[C@H]3CC[C@]21C. The summed E-state index contributed by atoms with van der Waals surface area (Å²) in [7, 11) is 1.13. The molecular formula is C35H45N2O11-. The van der Waals surface area contributed by atoms with E-state index in [1.165, 1.54) is 11.6 Å². The summed E-state index contributed by atoms with van der Waals surface area (Å²) in [6, 6.07) is 2.38. The fourth-order valence-corrected chi connectivity index (χ4v) is 9.27. The van der Waals surface area contributed by atoms with Gasteiger partial charge in [-0.1, -0.05) is 37.3 Å². The minimum Gasteiger partial charge on any atom is -0.871 e. The molecular weight excluding hydrogens is 624 g/mol. The molecule has 1 aromatic rings. The Morgan fingerprint density at radius 3 is 2.48 bits per heavy atom. The zero-order valence-corrected chi connectivity index (χ0v) is 27.7. The first kappa shape index (κ1) is 35.5. The van der Waals surface area contributed by atoms with Crippen LogP contribution in [0.25, 0.3) is 0 Å². The number of benzene rings is 1.